The van der Waals surface area contributed by atoms with Crippen molar-refractivity contribution in [2.45, 2.75) is 0 Å². The molecule has 0 aliphatic rings. The van der Waals surface area contributed by atoms with Crippen LogP contribution in [0.4, 0.5) is 0 Å². The fourth-order valence-electron chi connectivity index (χ4n) is 0.0667. The van der Waals surface area contributed by atoms with Gasteiger partial charge in [-0.05, 0) is 0 Å². The number of nitrogens with two attached hydrogens (primary N) is 4. The number of hydrogen-bond donors (Lipinski definition) is 5. The van der Waals surface area contributed by atoms with Gasteiger partial charge in [0.15, 0.2) is 0 Å². The molecule has 0 saturated heterocycles. The molecule has 0 aromatic heterocycles. The molecule has 58 valence electrons. The van der Waals surface area contributed by atoms with Crippen LogP contribution in [0.5, 0.6) is 0 Å². The van der Waals surface area contributed by atoms with Gasteiger partial charge in [0, 0.05) is 0 Å². The Morgan fingerprint density at radius 1 is 1.33 bits per heavy atom. The van der Waals surface area contributed by atoms with Gasteiger partial charge in [-0.1, -0.05) is 0 Å². The van der Waals surface area contributed by atoms with Gasteiger partial charge in [0.1, 0.15) is 0 Å². The standard InChI is InChI=1S/CH8N6.ClH.H3N/c2-1(6-3)7(4)5;;/h3-5H2,(H2,2,6);1H;1H3. The lowest BCUT2D eigenvalue weighted by atomic mass is 11.0. The van der Waals surface area contributed by atoms with Crippen molar-refractivity contribution in [3.8, 4) is 0 Å². The van der Waals surface area contributed by atoms with Crippen LogP contribution in [0.25, 0.3) is 0 Å². The Morgan fingerprint density at radius 2 is 1.67 bits per heavy atom. The van der Waals surface area contributed by atoms with Crippen LogP contribution in [0.2, 0.25) is 0 Å². The van der Waals surface area contributed by atoms with E-state index in [1.54, 1.807) is 0 Å². The molecule has 0 radical (unpaired) electrons. The molecule has 0 heterocycles. The lowest BCUT2D eigenvalue weighted by Gasteiger charge is -2.06. The second-order valence-corrected chi connectivity index (χ2v) is 0.895. The summed E-state index contributed by atoms with van der Waals surface area (Å²) in [5.74, 6) is 14.2. The highest BCUT2D eigenvalue weighted by molar-refractivity contribution is 5.85. The number of guanidine groups is 1. The lowest BCUT2D eigenvalue weighted by Crippen LogP contribution is -2.48. The first-order valence-electron chi connectivity index (χ1n) is 1.51. The number of rotatable bonds is 0. The van der Waals surface area contributed by atoms with E-state index in [0.29, 0.717) is 5.12 Å². The van der Waals surface area contributed by atoms with Crippen molar-refractivity contribution in [3.05, 3.63) is 0 Å². The van der Waals surface area contributed by atoms with Gasteiger partial charge in [0.25, 0.3) is 0 Å². The van der Waals surface area contributed by atoms with E-state index in [9.17, 15) is 0 Å². The van der Waals surface area contributed by atoms with Crippen LogP contribution in [0.3, 0.4) is 0 Å². The molecular formula is CH12ClN7. The Hall–Kier alpha value is -0.760. The van der Waals surface area contributed by atoms with Crippen molar-refractivity contribution in [1.82, 2.24) is 11.3 Å². The lowest BCUT2D eigenvalue weighted by molar-refractivity contribution is 0.457. The van der Waals surface area contributed by atoms with Crippen LogP contribution < -0.4 is 29.4 Å². The molecule has 7 nitrogen and oxygen atoms in total. The van der Waals surface area contributed by atoms with Crippen LogP contribution in [0.1, 0.15) is 0 Å². The van der Waals surface area contributed by atoms with Gasteiger partial charge in [-0.2, -0.15) is 0 Å². The Kier molecular flexibility index (Phi) is 12.7. The van der Waals surface area contributed by atoms with Crippen molar-refractivity contribution in [3.63, 3.8) is 0 Å². The van der Waals surface area contributed by atoms with E-state index < -0.39 is 0 Å². The summed E-state index contributed by atoms with van der Waals surface area (Å²) in [6.45, 7) is 0. The Morgan fingerprint density at radius 3 is 1.67 bits per heavy atom. The van der Waals surface area contributed by atoms with Crippen LogP contribution >= 0.6 is 12.4 Å². The monoisotopic (exact) mass is 157 g/mol. The highest BCUT2D eigenvalue weighted by Gasteiger charge is 1.88. The molecule has 0 aromatic rings. The number of hydrazine groups is 2. The third kappa shape index (κ3) is 7.24. The van der Waals surface area contributed by atoms with Gasteiger partial charge < -0.3 is 17.7 Å². The largest absolute Gasteiger partial charge is 0.366 e. The molecule has 0 unspecified atom stereocenters. The van der Waals surface area contributed by atoms with E-state index in [0.717, 1.165) is 0 Å². The normalized spacial score (nSPS) is 8.89. The van der Waals surface area contributed by atoms with Gasteiger partial charge in [-0.25, -0.2) is 16.8 Å². The van der Waals surface area contributed by atoms with Crippen molar-refractivity contribution >= 4 is 18.4 Å². The average molecular weight is 158 g/mol. The smallest absolute Gasteiger partial charge is 0.242 e. The molecular weight excluding hydrogens is 146 g/mol. The number of halogens is 1. The highest BCUT2D eigenvalue weighted by Crippen LogP contribution is 1.55. The number of hydrogen-bond acceptors (Lipinski definition) is 5. The van der Waals surface area contributed by atoms with Gasteiger partial charge in [-0.3, -0.25) is 0 Å². The number of nitrogens with zero attached hydrogens (tertiary/aromatic N) is 2. The molecule has 0 saturated carbocycles. The average Bonchev–Trinajstić information content (AvgIpc) is 1.65. The molecule has 9 heavy (non-hydrogen) atoms. The summed E-state index contributed by atoms with van der Waals surface area (Å²) in [6, 6.07) is 0. The summed E-state index contributed by atoms with van der Waals surface area (Å²) in [5, 5.41) is 3.58. The molecule has 0 rings (SSSR count). The molecule has 0 spiro atoms. The predicted molar refractivity (Wildman–Crippen MR) is 38.3 cm³/mol. The molecule has 0 atom stereocenters. The summed E-state index contributed by atoms with van der Waals surface area (Å²) >= 11 is 0. The zero-order valence-electron chi connectivity index (χ0n) is 4.82. The molecule has 0 aromatic carbocycles. The third-order valence-corrected chi connectivity index (χ3v) is 0.397. The molecule has 8 heteroatoms. The van der Waals surface area contributed by atoms with Crippen LogP contribution in [-0.4, -0.2) is 11.1 Å². The summed E-state index contributed by atoms with van der Waals surface area (Å²) in [4.78, 5) is 0. The van der Waals surface area contributed by atoms with Gasteiger partial charge in [-0.15, -0.1) is 17.5 Å². The summed E-state index contributed by atoms with van der Waals surface area (Å²) < 4.78 is 0. The van der Waals surface area contributed by atoms with Crippen LogP contribution in [0, 0.1) is 0 Å². The summed E-state index contributed by atoms with van der Waals surface area (Å²) in [7, 11) is 0. The zero-order valence-corrected chi connectivity index (χ0v) is 5.64. The number of hydrazone groups is 1. The topological polar surface area (TPSA) is 155 Å². The second kappa shape index (κ2) is 7.24. The van der Waals surface area contributed by atoms with E-state index in [4.69, 9.17) is 17.4 Å². The maximum atomic E-state index is 4.92. The van der Waals surface area contributed by atoms with E-state index in [2.05, 4.69) is 10.9 Å². The molecule has 11 N–H and O–H groups in total. The first-order chi connectivity index (χ1) is 3.18. The second-order valence-electron chi connectivity index (χ2n) is 0.895. The van der Waals surface area contributed by atoms with Crippen LogP contribution in [0.15, 0.2) is 5.10 Å². The predicted octanol–water partition coefficient (Wildman–Crippen LogP) is -2.19. The van der Waals surface area contributed by atoms with E-state index in [1.165, 1.54) is 0 Å². The quantitative estimate of drug-likeness (QED) is 0.116. The fraction of sp³-hybridized carbons (Fsp3) is 0. The Balaban J connectivity index is -0.000000180. The molecule has 0 aliphatic heterocycles. The minimum atomic E-state index is -0.111. The maximum Gasteiger partial charge on any atom is 0.242 e. The van der Waals surface area contributed by atoms with Crippen molar-refractivity contribution in [2.24, 2.45) is 28.4 Å². The van der Waals surface area contributed by atoms with E-state index in [1.807, 2.05) is 0 Å². The zero-order chi connectivity index (χ0) is 5.86. The van der Waals surface area contributed by atoms with Crippen molar-refractivity contribution < 1.29 is 0 Å². The van der Waals surface area contributed by atoms with Crippen LogP contribution in [-0.2, 0) is 0 Å². The fourth-order valence-corrected chi connectivity index (χ4v) is 0.0667. The van der Waals surface area contributed by atoms with Crippen molar-refractivity contribution in [1.29, 1.82) is 0 Å². The SMILES string of the molecule is Cl.N.NN=C(N)N(N)N. The molecule has 0 fully saturated rings. The highest BCUT2D eigenvalue weighted by atomic mass is 35.5. The van der Waals surface area contributed by atoms with Gasteiger partial charge >= 0.3 is 0 Å². The molecule has 0 aliphatic carbocycles. The molecule has 0 amide bonds. The first-order valence-corrected chi connectivity index (χ1v) is 1.51. The first kappa shape index (κ1) is 15.7. The minimum Gasteiger partial charge on any atom is -0.366 e. The van der Waals surface area contributed by atoms with E-state index >= 15 is 0 Å². The Bertz CT molecular complexity index is 77.0. The van der Waals surface area contributed by atoms with Gasteiger partial charge in [0.05, 0.1) is 0 Å². The van der Waals surface area contributed by atoms with Gasteiger partial charge in [0.2, 0.25) is 5.96 Å². The minimum absolute atomic E-state index is 0. The summed E-state index contributed by atoms with van der Waals surface area (Å²) in [6.07, 6.45) is 0. The molecule has 0 bridgehead atoms. The Labute approximate surface area is 59.0 Å². The third-order valence-electron chi connectivity index (χ3n) is 0.397. The maximum absolute atomic E-state index is 4.92. The van der Waals surface area contributed by atoms with Crippen molar-refractivity contribution in [2.75, 3.05) is 0 Å². The van der Waals surface area contributed by atoms with E-state index in [-0.39, 0.29) is 24.5 Å². The summed E-state index contributed by atoms with van der Waals surface area (Å²) in [5.41, 5.74) is 4.92.